The highest BCUT2D eigenvalue weighted by Crippen LogP contribution is 2.11. The molecule has 0 saturated heterocycles. The first-order valence-corrected chi connectivity index (χ1v) is 5.70. The average Bonchev–Trinajstić information content (AvgIpc) is 2.76. The van der Waals surface area contributed by atoms with Crippen molar-refractivity contribution in [1.82, 2.24) is 5.32 Å². The summed E-state index contributed by atoms with van der Waals surface area (Å²) >= 11 is 0. The number of carbonyl (C=O) groups excluding carboxylic acids is 1. The van der Waals surface area contributed by atoms with Gasteiger partial charge in [-0.2, -0.15) is 0 Å². The Morgan fingerprint density at radius 2 is 2.18 bits per heavy atom. The van der Waals surface area contributed by atoms with E-state index in [1.807, 2.05) is 13.8 Å². The van der Waals surface area contributed by atoms with Gasteiger partial charge in [0.1, 0.15) is 11.8 Å². The number of amides is 1. The number of hydrogen-bond donors (Lipinski definition) is 2. The summed E-state index contributed by atoms with van der Waals surface area (Å²) < 4.78 is 5.13. The summed E-state index contributed by atoms with van der Waals surface area (Å²) in [5, 5.41) is 11.4. The van der Waals surface area contributed by atoms with Crippen molar-refractivity contribution in [2.45, 2.75) is 39.2 Å². The molecule has 5 nitrogen and oxygen atoms in total. The summed E-state index contributed by atoms with van der Waals surface area (Å²) in [6.45, 7) is 3.74. The van der Waals surface area contributed by atoms with Crippen LogP contribution in [0.3, 0.4) is 0 Å². The summed E-state index contributed by atoms with van der Waals surface area (Å²) in [6.07, 6.45) is 3.15. The third-order valence-corrected chi connectivity index (χ3v) is 2.49. The third-order valence-electron chi connectivity index (χ3n) is 2.49. The molecule has 1 amide bonds. The quantitative estimate of drug-likeness (QED) is 0.793. The van der Waals surface area contributed by atoms with Gasteiger partial charge in [-0.1, -0.05) is 20.3 Å². The van der Waals surface area contributed by atoms with Crippen LogP contribution in [0.5, 0.6) is 0 Å². The zero-order valence-corrected chi connectivity index (χ0v) is 10.0. The monoisotopic (exact) mass is 239 g/mol. The molecule has 0 aliphatic heterocycles. The molecule has 1 rings (SSSR count). The first kappa shape index (κ1) is 13.3. The van der Waals surface area contributed by atoms with E-state index >= 15 is 0 Å². The van der Waals surface area contributed by atoms with Crippen molar-refractivity contribution in [3.63, 3.8) is 0 Å². The molecule has 1 atom stereocenters. The van der Waals surface area contributed by atoms with E-state index in [4.69, 9.17) is 9.52 Å². The van der Waals surface area contributed by atoms with Crippen molar-refractivity contribution >= 4 is 11.9 Å². The lowest BCUT2D eigenvalue weighted by atomic mass is 10.1. The number of carboxylic acids is 1. The first-order valence-electron chi connectivity index (χ1n) is 5.70. The molecule has 2 N–H and O–H groups in total. The summed E-state index contributed by atoms with van der Waals surface area (Å²) in [5.74, 6) is -0.832. The Morgan fingerprint density at radius 3 is 2.71 bits per heavy atom. The first-order chi connectivity index (χ1) is 8.10. The van der Waals surface area contributed by atoms with Gasteiger partial charge in [0.15, 0.2) is 0 Å². The molecule has 17 heavy (non-hydrogen) atoms. The van der Waals surface area contributed by atoms with Gasteiger partial charge in [-0.3, -0.25) is 4.79 Å². The molecule has 94 valence electrons. The molecule has 0 fully saturated rings. The van der Waals surface area contributed by atoms with Crippen molar-refractivity contribution in [1.29, 1.82) is 0 Å². The Bertz CT molecular complexity index is 397. The van der Waals surface area contributed by atoms with Crippen molar-refractivity contribution in [3.05, 3.63) is 23.7 Å². The highest BCUT2D eigenvalue weighted by Gasteiger charge is 2.21. The lowest BCUT2D eigenvalue weighted by molar-refractivity contribution is -0.139. The van der Waals surface area contributed by atoms with Gasteiger partial charge < -0.3 is 14.8 Å². The fraction of sp³-hybridized carbons (Fsp3) is 0.500. The largest absolute Gasteiger partial charge is 0.480 e. The summed E-state index contributed by atoms with van der Waals surface area (Å²) in [6, 6.07) is 0.714. The van der Waals surface area contributed by atoms with E-state index in [0.29, 0.717) is 30.6 Å². The molecule has 5 heteroatoms. The predicted octanol–water partition coefficient (Wildman–Crippen LogP) is 1.83. The van der Waals surface area contributed by atoms with Crippen LogP contribution in [0.1, 0.15) is 42.8 Å². The number of nitrogens with one attached hydrogen (secondary N) is 1. The summed E-state index contributed by atoms with van der Waals surface area (Å²) in [4.78, 5) is 22.8. The molecular formula is C12H17NO4. The minimum Gasteiger partial charge on any atom is -0.480 e. The molecule has 1 heterocycles. The van der Waals surface area contributed by atoms with Crippen LogP contribution in [0.25, 0.3) is 0 Å². The van der Waals surface area contributed by atoms with Crippen molar-refractivity contribution in [2.24, 2.45) is 0 Å². The lowest BCUT2D eigenvalue weighted by Crippen LogP contribution is -2.40. The number of carboxylic acid groups (broad SMARTS) is 1. The topological polar surface area (TPSA) is 79.5 Å². The van der Waals surface area contributed by atoms with Crippen LogP contribution in [0.4, 0.5) is 0 Å². The van der Waals surface area contributed by atoms with Crippen LogP contribution < -0.4 is 5.32 Å². The second kappa shape index (κ2) is 6.08. The zero-order valence-electron chi connectivity index (χ0n) is 10.0. The van der Waals surface area contributed by atoms with Gasteiger partial charge in [0.05, 0.1) is 11.8 Å². The van der Waals surface area contributed by atoms with Gasteiger partial charge in [-0.15, -0.1) is 0 Å². The maximum absolute atomic E-state index is 11.8. The van der Waals surface area contributed by atoms with Crippen LogP contribution in [-0.2, 0) is 11.2 Å². The number of furan rings is 1. The number of carbonyl (C=O) groups is 2. The van der Waals surface area contributed by atoms with E-state index in [-0.39, 0.29) is 0 Å². The Kier molecular flexibility index (Phi) is 4.75. The van der Waals surface area contributed by atoms with E-state index in [9.17, 15) is 9.59 Å². The van der Waals surface area contributed by atoms with Crippen LogP contribution in [-0.4, -0.2) is 23.0 Å². The van der Waals surface area contributed by atoms with Crippen molar-refractivity contribution in [2.75, 3.05) is 0 Å². The number of hydrogen-bond acceptors (Lipinski definition) is 3. The van der Waals surface area contributed by atoms with Gasteiger partial charge in [-0.05, 0) is 12.5 Å². The number of rotatable bonds is 6. The molecule has 1 aromatic rings. The van der Waals surface area contributed by atoms with Crippen LogP contribution in [0, 0.1) is 0 Å². The van der Waals surface area contributed by atoms with Gasteiger partial charge in [-0.25, -0.2) is 4.79 Å². The molecule has 0 bridgehead atoms. The predicted molar refractivity (Wildman–Crippen MR) is 61.9 cm³/mol. The minimum atomic E-state index is -1.01. The third kappa shape index (κ3) is 3.34. The Labute approximate surface area is 99.8 Å². The second-order valence-corrected chi connectivity index (χ2v) is 3.76. The maximum atomic E-state index is 11.8. The SMILES string of the molecule is CCCC(NC(=O)c1ccoc1CC)C(=O)O. The maximum Gasteiger partial charge on any atom is 0.326 e. The van der Waals surface area contributed by atoms with Gasteiger partial charge in [0.25, 0.3) is 5.91 Å². The molecule has 0 saturated carbocycles. The molecule has 0 aromatic carbocycles. The molecule has 0 aliphatic rings. The summed E-state index contributed by atoms with van der Waals surface area (Å²) in [5.41, 5.74) is 0.412. The van der Waals surface area contributed by atoms with E-state index in [2.05, 4.69) is 5.32 Å². The second-order valence-electron chi connectivity index (χ2n) is 3.76. The van der Waals surface area contributed by atoms with Gasteiger partial charge in [0.2, 0.25) is 0 Å². The molecule has 1 aromatic heterocycles. The molecule has 0 aliphatic carbocycles. The van der Waals surface area contributed by atoms with Crippen LogP contribution in [0.15, 0.2) is 16.7 Å². The van der Waals surface area contributed by atoms with Crippen LogP contribution >= 0.6 is 0 Å². The van der Waals surface area contributed by atoms with E-state index < -0.39 is 17.9 Å². The normalized spacial score (nSPS) is 12.1. The lowest BCUT2D eigenvalue weighted by Gasteiger charge is -2.13. The summed E-state index contributed by atoms with van der Waals surface area (Å²) in [7, 11) is 0. The number of aryl methyl sites for hydroxylation is 1. The van der Waals surface area contributed by atoms with E-state index in [1.54, 1.807) is 6.07 Å². The molecule has 0 radical (unpaired) electrons. The average molecular weight is 239 g/mol. The molecular weight excluding hydrogens is 222 g/mol. The fourth-order valence-corrected chi connectivity index (χ4v) is 1.60. The smallest absolute Gasteiger partial charge is 0.326 e. The molecule has 0 spiro atoms. The van der Waals surface area contributed by atoms with Crippen molar-refractivity contribution < 1.29 is 19.1 Å². The van der Waals surface area contributed by atoms with Crippen molar-refractivity contribution in [3.8, 4) is 0 Å². The van der Waals surface area contributed by atoms with Gasteiger partial charge >= 0.3 is 5.97 Å². The van der Waals surface area contributed by atoms with E-state index in [0.717, 1.165) is 0 Å². The highest BCUT2D eigenvalue weighted by atomic mass is 16.4. The Hall–Kier alpha value is -1.78. The standard InChI is InChI=1S/C12H17NO4/c1-3-5-9(12(15)16)13-11(14)8-6-7-17-10(8)4-2/h6-7,9H,3-5H2,1-2H3,(H,13,14)(H,15,16). The fourth-order valence-electron chi connectivity index (χ4n) is 1.60. The highest BCUT2D eigenvalue weighted by molar-refractivity contribution is 5.97. The minimum absolute atomic E-state index is 0.392. The van der Waals surface area contributed by atoms with Crippen LogP contribution in [0.2, 0.25) is 0 Å². The zero-order chi connectivity index (χ0) is 12.8. The number of aliphatic carboxylic acids is 1. The Balaban J connectivity index is 2.73. The van der Waals surface area contributed by atoms with Gasteiger partial charge in [0, 0.05) is 6.42 Å². The Morgan fingerprint density at radius 1 is 1.47 bits per heavy atom. The molecule has 1 unspecified atom stereocenters. The van der Waals surface area contributed by atoms with E-state index in [1.165, 1.54) is 6.26 Å².